The highest BCUT2D eigenvalue weighted by Gasteiger charge is 2.05. The molecule has 1 aromatic heterocycles. The van der Waals surface area contributed by atoms with Gasteiger partial charge in [0.1, 0.15) is 19.0 Å². The summed E-state index contributed by atoms with van der Waals surface area (Å²) in [5.41, 5.74) is 0. The maximum absolute atomic E-state index is 5.59. The lowest BCUT2D eigenvalue weighted by molar-refractivity contribution is 0.0540. The van der Waals surface area contributed by atoms with Gasteiger partial charge in [-0.2, -0.15) is 4.98 Å². The van der Waals surface area contributed by atoms with Gasteiger partial charge >= 0.3 is 0 Å². The maximum atomic E-state index is 5.59. The van der Waals surface area contributed by atoms with Crippen LogP contribution in [0.3, 0.4) is 0 Å². The molecular formula is C14H25N3O3. The third kappa shape index (κ3) is 6.68. The van der Waals surface area contributed by atoms with Gasteiger partial charge in [0.15, 0.2) is 5.82 Å². The number of rotatable bonds is 10. The minimum Gasteiger partial charge on any atom is -0.475 e. The Morgan fingerprint density at radius 3 is 2.70 bits per heavy atom. The Kier molecular flexibility index (Phi) is 7.91. The fourth-order valence-electron chi connectivity index (χ4n) is 1.51. The number of methoxy groups -OCH3 is 1. The molecule has 0 fully saturated rings. The second-order valence-corrected chi connectivity index (χ2v) is 4.64. The van der Waals surface area contributed by atoms with Crippen molar-refractivity contribution >= 4 is 5.82 Å². The number of aromatic nitrogens is 2. The summed E-state index contributed by atoms with van der Waals surface area (Å²) in [4.78, 5) is 8.65. The largest absolute Gasteiger partial charge is 0.475 e. The van der Waals surface area contributed by atoms with Crippen LogP contribution < -0.4 is 10.1 Å². The zero-order valence-corrected chi connectivity index (χ0v) is 12.8. The summed E-state index contributed by atoms with van der Waals surface area (Å²) in [6.45, 7) is 8.32. The summed E-state index contributed by atoms with van der Waals surface area (Å²) in [5.74, 6) is 1.90. The van der Waals surface area contributed by atoms with Crippen LogP contribution in [0.25, 0.3) is 0 Å². The molecule has 0 aliphatic heterocycles. The second-order valence-electron chi connectivity index (χ2n) is 4.64. The Balaban J connectivity index is 2.60. The van der Waals surface area contributed by atoms with Crippen LogP contribution in [-0.4, -0.2) is 42.9 Å². The van der Waals surface area contributed by atoms with E-state index in [0.717, 1.165) is 18.8 Å². The number of hydrogen-bond acceptors (Lipinski definition) is 6. The molecule has 20 heavy (non-hydrogen) atoms. The van der Waals surface area contributed by atoms with E-state index in [4.69, 9.17) is 14.2 Å². The van der Waals surface area contributed by atoms with E-state index < -0.39 is 0 Å². The average molecular weight is 283 g/mol. The zero-order chi connectivity index (χ0) is 14.8. The number of anilines is 1. The molecule has 0 bridgehead atoms. The summed E-state index contributed by atoms with van der Waals surface area (Å²) in [5, 5.41) is 3.22. The van der Waals surface area contributed by atoms with E-state index >= 15 is 0 Å². The van der Waals surface area contributed by atoms with Crippen LogP contribution in [0, 0.1) is 0 Å². The van der Waals surface area contributed by atoms with E-state index in [9.17, 15) is 0 Å². The standard InChI is InChI=1S/C14H25N3O3/c1-5-6-15-12-9-14(17-13(16-12)10-18-4)20-8-7-19-11(2)3/h9,11H,5-8,10H2,1-4H3,(H,15,16,17). The molecule has 0 aliphatic carbocycles. The summed E-state index contributed by atoms with van der Waals surface area (Å²) < 4.78 is 16.1. The van der Waals surface area contributed by atoms with Gasteiger partial charge in [0.05, 0.1) is 12.7 Å². The molecule has 0 saturated heterocycles. The lowest BCUT2D eigenvalue weighted by Crippen LogP contribution is -2.13. The second kappa shape index (κ2) is 9.50. The summed E-state index contributed by atoms with van der Waals surface area (Å²) in [6.07, 6.45) is 1.23. The number of nitrogens with one attached hydrogen (secondary N) is 1. The van der Waals surface area contributed by atoms with Crippen LogP contribution in [0.15, 0.2) is 6.07 Å². The van der Waals surface area contributed by atoms with Crippen molar-refractivity contribution in [2.45, 2.75) is 39.9 Å². The van der Waals surface area contributed by atoms with Crippen LogP contribution in [0.5, 0.6) is 5.88 Å². The van der Waals surface area contributed by atoms with E-state index in [1.165, 1.54) is 0 Å². The van der Waals surface area contributed by atoms with Crippen molar-refractivity contribution in [2.24, 2.45) is 0 Å². The van der Waals surface area contributed by atoms with Gasteiger partial charge in [-0.3, -0.25) is 0 Å². The molecule has 6 nitrogen and oxygen atoms in total. The molecule has 0 aromatic carbocycles. The minimum atomic E-state index is 0.204. The Labute approximate surface area is 120 Å². The molecule has 0 spiro atoms. The zero-order valence-electron chi connectivity index (χ0n) is 12.8. The van der Waals surface area contributed by atoms with Gasteiger partial charge in [-0.15, -0.1) is 0 Å². The molecule has 0 unspecified atom stereocenters. The van der Waals surface area contributed by atoms with Gasteiger partial charge in [-0.1, -0.05) is 6.92 Å². The molecule has 1 rings (SSSR count). The van der Waals surface area contributed by atoms with Crippen molar-refractivity contribution in [1.29, 1.82) is 0 Å². The maximum Gasteiger partial charge on any atom is 0.218 e. The quantitative estimate of drug-likeness (QED) is 0.664. The van der Waals surface area contributed by atoms with Gasteiger partial charge in [0.2, 0.25) is 5.88 Å². The molecular weight excluding hydrogens is 258 g/mol. The highest BCUT2D eigenvalue weighted by atomic mass is 16.5. The first-order chi connectivity index (χ1) is 9.65. The molecule has 0 amide bonds. The van der Waals surface area contributed by atoms with E-state index in [-0.39, 0.29) is 6.10 Å². The van der Waals surface area contributed by atoms with E-state index in [2.05, 4.69) is 22.2 Å². The first-order valence-electron chi connectivity index (χ1n) is 7.00. The van der Waals surface area contributed by atoms with Crippen molar-refractivity contribution in [3.63, 3.8) is 0 Å². The predicted octanol–water partition coefficient (Wildman–Crippen LogP) is 2.25. The predicted molar refractivity (Wildman–Crippen MR) is 78.1 cm³/mol. The van der Waals surface area contributed by atoms with Gasteiger partial charge in [0.25, 0.3) is 0 Å². The first kappa shape index (κ1) is 16.7. The third-order valence-corrected chi connectivity index (χ3v) is 2.36. The topological polar surface area (TPSA) is 65.5 Å². The van der Waals surface area contributed by atoms with E-state index in [0.29, 0.717) is 31.5 Å². The molecule has 0 saturated carbocycles. The number of nitrogens with zero attached hydrogens (tertiary/aromatic N) is 2. The summed E-state index contributed by atoms with van der Waals surface area (Å²) >= 11 is 0. The van der Waals surface area contributed by atoms with Crippen LogP contribution >= 0.6 is 0 Å². The average Bonchev–Trinajstić information content (AvgIpc) is 2.41. The minimum absolute atomic E-state index is 0.204. The van der Waals surface area contributed by atoms with Crippen molar-refractivity contribution < 1.29 is 14.2 Å². The van der Waals surface area contributed by atoms with Crippen molar-refractivity contribution in [1.82, 2.24) is 9.97 Å². The molecule has 1 aromatic rings. The van der Waals surface area contributed by atoms with Crippen molar-refractivity contribution in [3.8, 4) is 5.88 Å². The van der Waals surface area contributed by atoms with E-state index in [1.54, 1.807) is 13.2 Å². The highest BCUT2D eigenvalue weighted by Crippen LogP contribution is 2.14. The highest BCUT2D eigenvalue weighted by molar-refractivity contribution is 5.38. The Bertz CT molecular complexity index is 386. The fraction of sp³-hybridized carbons (Fsp3) is 0.714. The lowest BCUT2D eigenvalue weighted by Gasteiger charge is -2.11. The molecule has 1 N–H and O–H groups in total. The third-order valence-electron chi connectivity index (χ3n) is 2.36. The van der Waals surface area contributed by atoms with Gasteiger partial charge in [-0.25, -0.2) is 4.98 Å². The number of hydrogen-bond donors (Lipinski definition) is 1. The van der Waals surface area contributed by atoms with Gasteiger partial charge < -0.3 is 19.5 Å². The SMILES string of the molecule is CCCNc1cc(OCCOC(C)C)nc(COC)n1. The van der Waals surface area contributed by atoms with Crippen molar-refractivity contribution in [3.05, 3.63) is 11.9 Å². The Morgan fingerprint density at radius 1 is 1.25 bits per heavy atom. The normalized spacial score (nSPS) is 10.8. The smallest absolute Gasteiger partial charge is 0.218 e. The van der Waals surface area contributed by atoms with Crippen LogP contribution in [0.2, 0.25) is 0 Å². The van der Waals surface area contributed by atoms with Gasteiger partial charge in [-0.05, 0) is 20.3 Å². The summed E-state index contributed by atoms with van der Waals surface area (Å²) in [7, 11) is 1.62. The van der Waals surface area contributed by atoms with Crippen LogP contribution in [-0.2, 0) is 16.1 Å². The van der Waals surface area contributed by atoms with Crippen LogP contribution in [0.4, 0.5) is 5.82 Å². The molecule has 0 aliphatic rings. The molecule has 0 atom stereocenters. The molecule has 114 valence electrons. The molecule has 0 radical (unpaired) electrons. The molecule has 6 heteroatoms. The van der Waals surface area contributed by atoms with Crippen molar-refractivity contribution in [2.75, 3.05) is 32.2 Å². The fourth-order valence-corrected chi connectivity index (χ4v) is 1.51. The van der Waals surface area contributed by atoms with E-state index in [1.807, 2.05) is 13.8 Å². The Hall–Kier alpha value is -1.40. The van der Waals surface area contributed by atoms with Gasteiger partial charge in [0, 0.05) is 19.7 Å². The summed E-state index contributed by atoms with van der Waals surface area (Å²) in [6, 6.07) is 1.80. The number of ether oxygens (including phenoxy) is 3. The van der Waals surface area contributed by atoms with Crippen LogP contribution in [0.1, 0.15) is 33.0 Å². The first-order valence-corrected chi connectivity index (χ1v) is 7.00. The lowest BCUT2D eigenvalue weighted by atomic mass is 10.4. The Morgan fingerprint density at radius 2 is 2.05 bits per heavy atom. The molecule has 1 heterocycles. The monoisotopic (exact) mass is 283 g/mol.